The molecule has 0 unspecified atom stereocenters. The molecular weight excluding hydrogens is 214 g/mol. The van der Waals surface area contributed by atoms with Crippen molar-refractivity contribution in [1.29, 1.82) is 0 Å². The second-order valence-electron chi connectivity index (χ2n) is 4.12. The van der Waals surface area contributed by atoms with Crippen molar-refractivity contribution in [1.82, 2.24) is 4.90 Å². The zero-order valence-electron chi connectivity index (χ0n) is 9.43. The summed E-state index contributed by atoms with van der Waals surface area (Å²) in [6.07, 6.45) is 9.12. The highest BCUT2D eigenvalue weighted by Crippen LogP contribution is 2.13. The van der Waals surface area contributed by atoms with Gasteiger partial charge in [0.05, 0.1) is 4.99 Å². The van der Waals surface area contributed by atoms with Crippen LogP contribution in [0.15, 0.2) is 36.5 Å². The van der Waals surface area contributed by atoms with E-state index in [-0.39, 0.29) is 0 Å². The molecule has 0 N–H and O–H groups in total. The molecule has 0 atom stereocenters. The number of benzene rings is 1. The highest BCUT2D eigenvalue weighted by Gasteiger charge is 2.09. The molecule has 1 aliphatic heterocycles. The summed E-state index contributed by atoms with van der Waals surface area (Å²) in [4.78, 5) is 3.31. The Morgan fingerprint density at radius 1 is 1.06 bits per heavy atom. The first kappa shape index (κ1) is 11.3. The molecule has 0 aliphatic carbocycles. The molecule has 1 fully saturated rings. The van der Waals surface area contributed by atoms with Gasteiger partial charge in [0.1, 0.15) is 0 Å². The van der Waals surface area contributed by atoms with Gasteiger partial charge in [-0.3, -0.25) is 0 Å². The number of likely N-dealkylation sites (tertiary alicyclic amines) is 1. The Morgan fingerprint density at radius 2 is 1.88 bits per heavy atom. The van der Waals surface area contributed by atoms with Crippen LogP contribution in [0.4, 0.5) is 0 Å². The summed E-state index contributed by atoms with van der Waals surface area (Å²) in [6.45, 7) is 1.07. The van der Waals surface area contributed by atoms with E-state index in [0.717, 1.165) is 18.0 Å². The van der Waals surface area contributed by atoms with Crippen molar-refractivity contribution in [3.8, 4) is 0 Å². The van der Waals surface area contributed by atoms with Crippen LogP contribution in [0.3, 0.4) is 0 Å². The van der Waals surface area contributed by atoms with Crippen LogP contribution in [0.2, 0.25) is 0 Å². The summed E-state index contributed by atoms with van der Waals surface area (Å²) in [5.41, 5.74) is 1.23. The zero-order chi connectivity index (χ0) is 11.2. The topological polar surface area (TPSA) is 3.24 Å². The van der Waals surface area contributed by atoms with Crippen LogP contribution >= 0.6 is 12.2 Å². The maximum Gasteiger partial charge on any atom is 0.0818 e. The summed E-state index contributed by atoms with van der Waals surface area (Å²) in [5.74, 6) is 0. The lowest BCUT2D eigenvalue weighted by Gasteiger charge is -2.17. The molecule has 84 valence electrons. The fourth-order valence-corrected chi connectivity index (χ4v) is 2.20. The Bertz CT molecular complexity index is 370. The average molecular weight is 231 g/mol. The molecule has 1 aliphatic rings. The van der Waals surface area contributed by atoms with Crippen molar-refractivity contribution in [2.24, 2.45) is 0 Å². The highest BCUT2D eigenvalue weighted by molar-refractivity contribution is 7.80. The first-order valence-electron chi connectivity index (χ1n) is 5.89. The number of nitrogens with zero attached hydrogens (tertiary/aromatic N) is 1. The third kappa shape index (κ3) is 3.17. The van der Waals surface area contributed by atoms with Crippen molar-refractivity contribution in [2.45, 2.75) is 25.7 Å². The lowest BCUT2D eigenvalue weighted by Crippen LogP contribution is -2.22. The fourth-order valence-electron chi connectivity index (χ4n) is 1.90. The van der Waals surface area contributed by atoms with Gasteiger partial charge in [0, 0.05) is 12.7 Å². The third-order valence-corrected chi connectivity index (χ3v) is 3.30. The normalized spacial score (nSPS) is 17.8. The van der Waals surface area contributed by atoms with Gasteiger partial charge < -0.3 is 4.90 Å². The quantitative estimate of drug-likeness (QED) is 0.711. The van der Waals surface area contributed by atoms with Gasteiger partial charge >= 0.3 is 0 Å². The minimum absolute atomic E-state index is 1.06. The van der Waals surface area contributed by atoms with Crippen LogP contribution in [0.1, 0.15) is 31.2 Å². The summed E-state index contributed by atoms with van der Waals surface area (Å²) in [7, 11) is 0. The minimum atomic E-state index is 1.06. The van der Waals surface area contributed by atoms with E-state index >= 15 is 0 Å². The van der Waals surface area contributed by atoms with Gasteiger partial charge in [-0.2, -0.15) is 0 Å². The van der Waals surface area contributed by atoms with Crippen molar-refractivity contribution < 1.29 is 0 Å². The Labute approximate surface area is 103 Å². The van der Waals surface area contributed by atoms with Gasteiger partial charge in [-0.15, -0.1) is 0 Å². The lowest BCUT2D eigenvalue weighted by atomic mass is 10.2. The molecule has 0 amide bonds. The maximum absolute atomic E-state index is 5.40. The Balaban J connectivity index is 2.02. The molecular formula is C14H17NS. The van der Waals surface area contributed by atoms with Gasteiger partial charge in [0.2, 0.25) is 0 Å². The molecule has 1 saturated heterocycles. The molecule has 0 bridgehead atoms. The number of hydrogen-bond acceptors (Lipinski definition) is 1. The summed E-state index contributed by atoms with van der Waals surface area (Å²) in [5, 5.41) is 0. The molecule has 16 heavy (non-hydrogen) atoms. The van der Waals surface area contributed by atoms with Gasteiger partial charge in [-0.1, -0.05) is 49.0 Å². The first-order chi connectivity index (χ1) is 7.86. The van der Waals surface area contributed by atoms with E-state index < -0.39 is 0 Å². The smallest absolute Gasteiger partial charge is 0.0818 e. The molecule has 0 saturated carbocycles. The van der Waals surface area contributed by atoms with E-state index in [4.69, 9.17) is 12.2 Å². The summed E-state index contributed by atoms with van der Waals surface area (Å²) >= 11 is 5.40. The highest BCUT2D eigenvalue weighted by atomic mass is 32.1. The number of thiocarbonyl (C=S) groups is 1. The van der Waals surface area contributed by atoms with Crippen LogP contribution in [-0.2, 0) is 0 Å². The van der Waals surface area contributed by atoms with E-state index in [1.54, 1.807) is 0 Å². The van der Waals surface area contributed by atoms with Crippen molar-refractivity contribution in [3.05, 3.63) is 42.1 Å². The third-order valence-electron chi connectivity index (χ3n) is 2.86. The Kier molecular flexibility index (Phi) is 4.11. The minimum Gasteiger partial charge on any atom is -0.343 e. The van der Waals surface area contributed by atoms with E-state index in [1.165, 1.54) is 24.8 Å². The van der Waals surface area contributed by atoms with Crippen molar-refractivity contribution >= 4 is 23.3 Å². The second kappa shape index (κ2) is 5.80. The molecule has 0 aromatic heterocycles. The van der Waals surface area contributed by atoms with Gasteiger partial charge in [0.25, 0.3) is 0 Å². The van der Waals surface area contributed by atoms with Crippen molar-refractivity contribution in [3.63, 3.8) is 0 Å². The van der Waals surface area contributed by atoms with Crippen LogP contribution in [0.5, 0.6) is 0 Å². The summed E-state index contributed by atoms with van der Waals surface area (Å²) < 4.78 is 0. The second-order valence-corrected chi connectivity index (χ2v) is 4.60. The molecule has 2 heteroatoms. The standard InChI is InChI=1S/C14H17NS/c16-14-9-5-2-6-11-15(14)12-10-13-7-3-1-4-8-13/h1,3-4,7-8,10,12H,2,5-6,9,11H2/b12-10-. The lowest BCUT2D eigenvalue weighted by molar-refractivity contribution is 0.548. The zero-order valence-corrected chi connectivity index (χ0v) is 10.2. The average Bonchev–Trinajstić information content (AvgIpc) is 2.53. The van der Waals surface area contributed by atoms with Gasteiger partial charge in [-0.25, -0.2) is 0 Å². The maximum atomic E-state index is 5.40. The van der Waals surface area contributed by atoms with Crippen molar-refractivity contribution in [2.75, 3.05) is 6.54 Å². The molecule has 1 aromatic carbocycles. The largest absolute Gasteiger partial charge is 0.343 e. The molecule has 0 spiro atoms. The van der Waals surface area contributed by atoms with Gasteiger partial charge in [-0.05, 0) is 30.9 Å². The number of hydrogen-bond donors (Lipinski definition) is 0. The molecule has 1 heterocycles. The van der Waals surface area contributed by atoms with Crippen LogP contribution in [0, 0.1) is 0 Å². The Morgan fingerprint density at radius 3 is 2.69 bits per heavy atom. The van der Waals surface area contributed by atoms with Gasteiger partial charge in [0.15, 0.2) is 0 Å². The molecule has 1 aromatic rings. The first-order valence-corrected chi connectivity index (χ1v) is 6.30. The Hall–Kier alpha value is -1.15. The van der Waals surface area contributed by atoms with E-state index in [9.17, 15) is 0 Å². The van der Waals surface area contributed by atoms with Crippen LogP contribution in [-0.4, -0.2) is 16.4 Å². The van der Waals surface area contributed by atoms with E-state index in [1.807, 2.05) is 6.07 Å². The monoisotopic (exact) mass is 231 g/mol. The predicted octanol–water partition coefficient (Wildman–Crippen LogP) is 3.86. The van der Waals surface area contributed by atoms with E-state index in [2.05, 4.69) is 41.4 Å². The molecule has 2 rings (SSSR count). The van der Waals surface area contributed by atoms with E-state index in [0.29, 0.717) is 0 Å². The van der Waals surface area contributed by atoms with Crippen LogP contribution in [0.25, 0.3) is 6.08 Å². The summed E-state index contributed by atoms with van der Waals surface area (Å²) in [6, 6.07) is 10.4. The SMILES string of the molecule is S=C1CCCCCN1/C=C\c1ccccc1. The van der Waals surface area contributed by atoms with Crippen LogP contribution < -0.4 is 0 Å². The predicted molar refractivity (Wildman–Crippen MR) is 73.2 cm³/mol. The fraction of sp³-hybridized carbons (Fsp3) is 0.357. The number of rotatable bonds is 2. The molecule has 0 radical (unpaired) electrons. The molecule has 1 nitrogen and oxygen atoms in total.